The van der Waals surface area contributed by atoms with Gasteiger partial charge in [0.2, 0.25) is 0 Å². The highest BCUT2D eigenvalue weighted by atomic mass is 32.2. The number of halogens is 6. The van der Waals surface area contributed by atoms with Gasteiger partial charge in [-0.3, -0.25) is 0 Å². The topological polar surface area (TPSA) is 21.3 Å². The third-order valence-corrected chi connectivity index (χ3v) is 3.16. The van der Waals surface area contributed by atoms with E-state index in [4.69, 9.17) is 0 Å². The van der Waals surface area contributed by atoms with Crippen molar-refractivity contribution in [3.63, 3.8) is 0 Å². The molecule has 124 valence electrons. The van der Waals surface area contributed by atoms with Crippen molar-refractivity contribution < 1.29 is 30.5 Å². The van der Waals surface area contributed by atoms with Crippen molar-refractivity contribution in [3.8, 4) is 0 Å². The third kappa shape index (κ3) is 5.54. The first-order valence-corrected chi connectivity index (χ1v) is 6.70. The van der Waals surface area contributed by atoms with Crippen LogP contribution in [-0.4, -0.2) is 13.7 Å². The zero-order valence-corrected chi connectivity index (χ0v) is 12.3. The standard InChI is InChI=1S/C13H13F6NOS/c1-8(3-4-20-22-21-2)9-5-10(12(14,15)16)7-11(6-9)13(17,18)19/h5-7,20H,1,3-4H2,2H3. The summed E-state index contributed by atoms with van der Waals surface area (Å²) in [6.45, 7) is 3.83. The number of nitrogens with one attached hydrogen (secondary N) is 1. The molecule has 1 aromatic rings. The number of hydrogen-bond acceptors (Lipinski definition) is 3. The van der Waals surface area contributed by atoms with Crippen LogP contribution in [0.1, 0.15) is 23.1 Å². The SMILES string of the molecule is C=C(CCNSOC)c1cc(C(F)(F)F)cc(C(F)(F)F)c1. The average molecular weight is 345 g/mol. The van der Waals surface area contributed by atoms with Gasteiger partial charge in [-0.1, -0.05) is 6.58 Å². The fourth-order valence-corrected chi connectivity index (χ4v) is 1.91. The fourth-order valence-electron chi connectivity index (χ4n) is 1.61. The Kier molecular flexibility index (Phi) is 6.33. The zero-order chi connectivity index (χ0) is 17.0. The maximum atomic E-state index is 12.7. The predicted molar refractivity (Wildman–Crippen MR) is 72.7 cm³/mol. The molecule has 1 rings (SSSR count). The lowest BCUT2D eigenvalue weighted by atomic mass is 9.98. The molecule has 0 aliphatic carbocycles. The molecule has 0 aliphatic rings. The van der Waals surface area contributed by atoms with Crippen molar-refractivity contribution >= 4 is 17.8 Å². The second kappa shape index (κ2) is 7.38. The summed E-state index contributed by atoms with van der Waals surface area (Å²) in [4.78, 5) is 0. The predicted octanol–water partition coefficient (Wildman–Crippen LogP) is 4.93. The first kappa shape index (κ1) is 18.9. The summed E-state index contributed by atoms with van der Waals surface area (Å²) < 4.78 is 83.7. The molecule has 0 heterocycles. The molecule has 0 unspecified atom stereocenters. The smallest absolute Gasteiger partial charge is 0.305 e. The van der Waals surface area contributed by atoms with Crippen LogP contribution in [0.25, 0.3) is 5.57 Å². The Labute approximate surface area is 127 Å². The van der Waals surface area contributed by atoms with Gasteiger partial charge in [-0.05, 0) is 35.8 Å². The lowest BCUT2D eigenvalue weighted by Gasteiger charge is -2.15. The van der Waals surface area contributed by atoms with E-state index in [1.54, 1.807) is 0 Å². The van der Waals surface area contributed by atoms with Crippen LogP contribution < -0.4 is 4.72 Å². The van der Waals surface area contributed by atoms with Crippen LogP contribution in [0.5, 0.6) is 0 Å². The Morgan fingerprint density at radius 2 is 1.59 bits per heavy atom. The largest absolute Gasteiger partial charge is 0.416 e. The Morgan fingerprint density at radius 1 is 1.09 bits per heavy atom. The minimum Gasteiger partial charge on any atom is -0.305 e. The number of benzene rings is 1. The second-order valence-corrected chi connectivity index (χ2v) is 5.08. The van der Waals surface area contributed by atoms with Gasteiger partial charge in [-0.2, -0.15) is 26.3 Å². The summed E-state index contributed by atoms with van der Waals surface area (Å²) in [6.07, 6.45) is -9.55. The van der Waals surface area contributed by atoms with Gasteiger partial charge in [-0.15, -0.1) is 0 Å². The maximum Gasteiger partial charge on any atom is 0.416 e. The van der Waals surface area contributed by atoms with Crippen molar-refractivity contribution in [2.75, 3.05) is 13.7 Å². The van der Waals surface area contributed by atoms with Crippen LogP contribution in [0.4, 0.5) is 26.3 Å². The molecule has 2 nitrogen and oxygen atoms in total. The quantitative estimate of drug-likeness (QED) is 0.342. The Morgan fingerprint density at radius 3 is 2.00 bits per heavy atom. The highest BCUT2D eigenvalue weighted by Gasteiger charge is 2.36. The minimum atomic E-state index is -4.86. The molecule has 0 saturated heterocycles. The Hall–Kier alpha value is -1.19. The van der Waals surface area contributed by atoms with Gasteiger partial charge in [-0.25, -0.2) is 4.72 Å². The Balaban J connectivity index is 3.05. The maximum absolute atomic E-state index is 12.7. The molecule has 0 atom stereocenters. The molecule has 0 aliphatic heterocycles. The summed E-state index contributed by atoms with van der Waals surface area (Å²) in [6, 6.07) is 1.43. The van der Waals surface area contributed by atoms with Crippen molar-refractivity contribution in [1.29, 1.82) is 0 Å². The van der Waals surface area contributed by atoms with E-state index < -0.39 is 23.5 Å². The Bertz CT molecular complexity index is 494. The van der Waals surface area contributed by atoms with Gasteiger partial charge in [0.15, 0.2) is 0 Å². The van der Waals surface area contributed by atoms with E-state index in [2.05, 4.69) is 15.5 Å². The summed E-state index contributed by atoms with van der Waals surface area (Å²) in [5.41, 5.74) is -2.72. The van der Waals surface area contributed by atoms with E-state index in [1.165, 1.54) is 7.11 Å². The number of hydrogen-bond donors (Lipinski definition) is 1. The summed E-state index contributed by atoms with van der Waals surface area (Å²) in [7, 11) is 1.41. The van der Waals surface area contributed by atoms with Crippen LogP contribution >= 0.6 is 12.2 Å². The molecule has 0 spiro atoms. The molecule has 9 heteroatoms. The highest BCUT2D eigenvalue weighted by molar-refractivity contribution is 7.92. The van der Waals surface area contributed by atoms with Crippen LogP contribution in [0, 0.1) is 0 Å². The number of alkyl halides is 6. The normalized spacial score (nSPS) is 12.5. The van der Waals surface area contributed by atoms with Gasteiger partial charge >= 0.3 is 12.4 Å². The first-order valence-electron chi connectivity index (χ1n) is 5.96. The van der Waals surface area contributed by atoms with Crippen LogP contribution in [0.15, 0.2) is 24.8 Å². The average Bonchev–Trinajstić information content (AvgIpc) is 2.41. The molecule has 0 amide bonds. The van der Waals surface area contributed by atoms with Gasteiger partial charge in [0.25, 0.3) is 0 Å². The monoisotopic (exact) mass is 345 g/mol. The molecule has 0 saturated carbocycles. The summed E-state index contributed by atoms with van der Waals surface area (Å²) in [5, 5.41) is 0. The van der Waals surface area contributed by atoms with Gasteiger partial charge < -0.3 is 4.18 Å². The molecule has 0 aromatic heterocycles. The lowest BCUT2D eigenvalue weighted by molar-refractivity contribution is -0.143. The molecular formula is C13H13F6NOS. The molecule has 22 heavy (non-hydrogen) atoms. The third-order valence-electron chi connectivity index (χ3n) is 2.67. The molecule has 1 aromatic carbocycles. The van der Waals surface area contributed by atoms with Crippen molar-refractivity contribution in [2.24, 2.45) is 0 Å². The van der Waals surface area contributed by atoms with Crippen molar-refractivity contribution in [3.05, 3.63) is 41.5 Å². The van der Waals surface area contributed by atoms with Crippen LogP contribution in [-0.2, 0) is 16.5 Å². The van der Waals surface area contributed by atoms with Crippen molar-refractivity contribution in [1.82, 2.24) is 4.72 Å². The number of rotatable bonds is 6. The molecule has 0 bridgehead atoms. The van der Waals surface area contributed by atoms with Gasteiger partial charge in [0.05, 0.1) is 30.5 Å². The fraction of sp³-hybridized carbons (Fsp3) is 0.385. The lowest BCUT2D eigenvalue weighted by Crippen LogP contribution is -2.12. The molecular weight excluding hydrogens is 332 g/mol. The van der Waals surface area contributed by atoms with E-state index in [9.17, 15) is 26.3 Å². The van der Waals surface area contributed by atoms with Gasteiger partial charge in [0.1, 0.15) is 0 Å². The summed E-state index contributed by atoms with van der Waals surface area (Å²) in [5.74, 6) is 0. The van der Waals surface area contributed by atoms with Crippen LogP contribution in [0.2, 0.25) is 0 Å². The minimum absolute atomic E-state index is 0.0931. The summed E-state index contributed by atoms with van der Waals surface area (Å²) >= 11 is 0.909. The van der Waals surface area contributed by atoms with E-state index >= 15 is 0 Å². The molecule has 0 fully saturated rings. The van der Waals surface area contributed by atoms with E-state index in [-0.39, 0.29) is 30.2 Å². The van der Waals surface area contributed by atoms with Crippen molar-refractivity contribution in [2.45, 2.75) is 18.8 Å². The van der Waals surface area contributed by atoms with E-state index in [0.717, 1.165) is 12.2 Å². The highest BCUT2D eigenvalue weighted by Crippen LogP contribution is 2.37. The first-order chi connectivity index (χ1) is 10.1. The molecule has 0 radical (unpaired) electrons. The van der Waals surface area contributed by atoms with Crippen LogP contribution in [0.3, 0.4) is 0 Å². The van der Waals surface area contributed by atoms with E-state index in [1.807, 2.05) is 0 Å². The molecule has 1 N–H and O–H groups in total. The van der Waals surface area contributed by atoms with E-state index in [0.29, 0.717) is 12.1 Å². The second-order valence-electron chi connectivity index (χ2n) is 4.29. The zero-order valence-electron chi connectivity index (χ0n) is 11.4. The van der Waals surface area contributed by atoms with Gasteiger partial charge in [0, 0.05) is 6.54 Å².